The summed E-state index contributed by atoms with van der Waals surface area (Å²) >= 11 is 6.10. The normalized spacial score (nSPS) is 14.8. The van der Waals surface area contributed by atoms with Crippen molar-refractivity contribution in [3.8, 4) is 17.3 Å². The topological polar surface area (TPSA) is 112 Å². The molecule has 0 atom stereocenters. The van der Waals surface area contributed by atoms with E-state index in [2.05, 4.69) is 10.3 Å². The van der Waals surface area contributed by atoms with E-state index in [-0.39, 0.29) is 12.3 Å². The molecule has 1 fully saturated rings. The third kappa shape index (κ3) is 5.94. The van der Waals surface area contributed by atoms with Crippen LogP contribution in [0, 0.1) is 0 Å². The number of hydrogen-bond acceptors (Lipinski definition) is 7. The summed E-state index contributed by atoms with van der Waals surface area (Å²) in [4.78, 5) is 32.6. The lowest BCUT2D eigenvalue weighted by molar-refractivity contribution is -0.116. The molecule has 5 aromatic rings. The number of amides is 1. The number of nitrogens with one attached hydrogen (secondary N) is 1. The quantitative estimate of drug-likeness (QED) is 0.200. The number of hydrogen-bond donors (Lipinski definition) is 2. The molecule has 2 N–H and O–H groups in total. The first kappa shape index (κ1) is 26.6. The van der Waals surface area contributed by atoms with Crippen LogP contribution >= 0.6 is 19.5 Å². The average molecular weight is 578 g/mol. The van der Waals surface area contributed by atoms with Crippen LogP contribution in [0.5, 0.6) is 0 Å². The molecular weight excluding hydrogens is 551 g/mol. The summed E-state index contributed by atoms with van der Waals surface area (Å²) in [6, 6.07) is 22.8. The Bertz CT molecular complexity index is 1630. The maximum atomic E-state index is 12.9. The van der Waals surface area contributed by atoms with Crippen LogP contribution in [0.4, 0.5) is 5.69 Å². The minimum Gasteiger partial charge on any atom is -0.427 e. The van der Waals surface area contributed by atoms with Gasteiger partial charge in [0.05, 0.1) is 30.4 Å². The fourth-order valence-corrected chi connectivity index (χ4v) is 6.42. The van der Waals surface area contributed by atoms with Crippen molar-refractivity contribution in [3.05, 3.63) is 95.5 Å². The molecule has 3 heterocycles. The predicted molar refractivity (Wildman–Crippen MR) is 154 cm³/mol. The van der Waals surface area contributed by atoms with Gasteiger partial charge in [-0.05, 0) is 48.4 Å². The Hall–Kier alpha value is -3.59. The van der Waals surface area contributed by atoms with Crippen molar-refractivity contribution in [2.45, 2.75) is 25.4 Å². The van der Waals surface area contributed by atoms with Gasteiger partial charge in [0, 0.05) is 29.1 Å². The number of nitrogens with zero attached hydrogens (tertiary/aromatic N) is 3. The molecule has 40 heavy (non-hydrogen) atoms. The molecule has 0 aliphatic carbocycles. The number of oxazole rings is 1. The van der Waals surface area contributed by atoms with Gasteiger partial charge >= 0.3 is 6.01 Å². The number of rotatable bonds is 8. The summed E-state index contributed by atoms with van der Waals surface area (Å²) in [5, 5.41) is 3.55. The van der Waals surface area contributed by atoms with E-state index >= 15 is 0 Å². The van der Waals surface area contributed by atoms with Gasteiger partial charge in [0.25, 0.3) is 0 Å². The van der Waals surface area contributed by atoms with Crippen LogP contribution in [0.3, 0.4) is 0 Å². The van der Waals surface area contributed by atoms with Gasteiger partial charge in [0.15, 0.2) is 0 Å². The molecule has 1 radical (unpaired) electrons. The van der Waals surface area contributed by atoms with Crippen molar-refractivity contribution in [1.82, 2.24) is 14.5 Å². The van der Waals surface area contributed by atoms with Crippen molar-refractivity contribution < 1.29 is 23.2 Å². The maximum absolute atomic E-state index is 12.9. The lowest BCUT2D eigenvalue weighted by Crippen LogP contribution is -2.14. The summed E-state index contributed by atoms with van der Waals surface area (Å²) in [7, 11) is -2.85. The van der Waals surface area contributed by atoms with E-state index in [0.29, 0.717) is 54.0 Å². The highest BCUT2D eigenvalue weighted by molar-refractivity contribution is 7.59. The van der Waals surface area contributed by atoms with Gasteiger partial charge in [-0.1, -0.05) is 48.0 Å². The molecule has 1 saturated heterocycles. The minimum atomic E-state index is -2.85. The highest BCUT2D eigenvalue weighted by atomic mass is 35.5. The zero-order chi connectivity index (χ0) is 27.5. The van der Waals surface area contributed by atoms with Gasteiger partial charge in [-0.2, -0.15) is 4.98 Å². The third-order valence-electron chi connectivity index (χ3n) is 6.54. The second kappa shape index (κ2) is 11.5. The molecule has 0 unspecified atom stereocenters. The van der Waals surface area contributed by atoms with E-state index in [4.69, 9.17) is 30.0 Å². The number of fused-ring (bicyclic) bond motifs is 1. The number of benzene rings is 3. The SMILES string of the molecule is O=C(CCc1oc(-n2cnc3ccccc32)nc1-c1ccc(Cl)cc1)Nc1ccc(C[P]2(O)OCCCO2)cc1. The second-order valence-corrected chi connectivity index (χ2v) is 12.0. The Morgan fingerprint density at radius 3 is 2.55 bits per heavy atom. The molecule has 1 aliphatic rings. The first-order valence-electron chi connectivity index (χ1n) is 12.9. The number of aromatic nitrogens is 3. The number of para-hydroxylation sites is 2. The predicted octanol–water partition coefficient (Wildman–Crippen LogP) is 6.60. The lowest BCUT2D eigenvalue weighted by atomic mass is 10.1. The first-order chi connectivity index (χ1) is 19.5. The number of aryl methyl sites for hydroxylation is 1. The molecule has 9 nitrogen and oxygen atoms in total. The first-order valence-corrected chi connectivity index (χ1v) is 15.1. The van der Waals surface area contributed by atoms with Crippen LogP contribution < -0.4 is 5.32 Å². The molecule has 1 amide bonds. The molecule has 3 aromatic carbocycles. The summed E-state index contributed by atoms with van der Waals surface area (Å²) in [6.07, 6.45) is 3.30. The molecule has 2 aromatic heterocycles. The van der Waals surface area contributed by atoms with Crippen LogP contribution in [-0.2, 0) is 26.4 Å². The summed E-state index contributed by atoms with van der Waals surface area (Å²) in [6.45, 7) is 1.01. The van der Waals surface area contributed by atoms with Crippen molar-refractivity contribution in [1.29, 1.82) is 0 Å². The summed E-state index contributed by atoms with van der Waals surface area (Å²) in [5.74, 6) is 0.427. The van der Waals surface area contributed by atoms with Crippen LogP contribution in [0.2, 0.25) is 5.02 Å². The Morgan fingerprint density at radius 2 is 1.77 bits per heavy atom. The van der Waals surface area contributed by atoms with E-state index < -0.39 is 7.94 Å². The smallest absolute Gasteiger partial charge is 0.308 e. The number of imidazole rings is 1. The Kier molecular flexibility index (Phi) is 7.65. The van der Waals surface area contributed by atoms with E-state index in [1.807, 2.05) is 48.5 Å². The van der Waals surface area contributed by atoms with Crippen molar-refractivity contribution >= 4 is 42.2 Å². The summed E-state index contributed by atoms with van der Waals surface area (Å²) in [5.41, 5.74) is 4.72. The van der Waals surface area contributed by atoms with Gasteiger partial charge < -0.3 is 23.7 Å². The van der Waals surface area contributed by atoms with Crippen LogP contribution in [0.1, 0.15) is 24.2 Å². The highest BCUT2D eigenvalue weighted by Gasteiger charge is 2.30. The van der Waals surface area contributed by atoms with Gasteiger partial charge in [-0.25, -0.2) is 4.98 Å². The maximum Gasteiger partial charge on any atom is 0.308 e. The van der Waals surface area contributed by atoms with Gasteiger partial charge in [0.2, 0.25) is 13.9 Å². The van der Waals surface area contributed by atoms with Crippen LogP contribution in [0.25, 0.3) is 28.3 Å². The highest BCUT2D eigenvalue weighted by Crippen LogP contribution is 2.61. The number of carbonyl (C=O) groups is 1. The molecule has 1 aliphatic heterocycles. The van der Waals surface area contributed by atoms with E-state index in [1.54, 1.807) is 35.2 Å². The molecule has 0 spiro atoms. The number of carbonyl (C=O) groups excluding carboxylic acids is 1. The fraction of sp³-hybridized carbons (Fsp3) is 0.207. The van der Waals surface area contributed by atoms with Gasteiger partial charge in [-0.3, -0.25) is 9.36 Å². The number of halogens is 1. The zero-order valence-electron chi connectivity index (χ0n) is 21.5. The molecule has 0 saturated carbocycles. The standard InChI is InChI=1S/C29H27ClN4O5P/c30-22-10-8-21(9-11-22)28-26(39-29(33-28)34-19-31-24-4-1-2-5-25(24)34)14-15-27(35)32-23-12-6-20(7-13-23)18-40(36)37-16-3-17-38-40/h1-2,4-13,19,36H,3,14-18H2,(H,32,35). The summed E-state index contributed by atoms with van der Waals surface area (Å²) < 4.78 is 19.0. The largest absolute Gasteiger partial charge is 0.427 e. The molecular formula is C29H27ClN4O5P. The monoisotopic (exact) mass is 577 g/mol. The minimum absolute atomic E-state index is 0.161. The third-order valence-corrected chi connectivity index (χ3v) is 8.73. The van der Waals surface area contributed by atoms with Crippen LogP contribution in [-0.4, -0.2) is 38.5 Å². The molecule has 11 heteroatoms. The lowest BCUT2D eigenvalue weighted by Gasteiger charge is -2.32. The Morgan fingerprint density at radius 1 is 1.02 bits per heavy atom. The van der Waals surface area contributed by atoms with Gasteiger partial charge in [0.1, 0.15) is 17.8 Å². The molecule has 0 bridgehead atoms. The van der Waals surface area contributed by atoms with E-state index in [0.717, 1.165) is 28.6 Å². The zero-order valence-corrected chi connectivity index (χ0v) is 23.1. The van der Waals surface area contributed by atoms with Crippen molar-refractivity contribution in [2.24, 2.45) is 0 Å². The van der Waals surface area contributed by atoms with Crippen molar-refractivity contribution in [3.63, 3.8) is 0 Å². The molecule has 205 valence electrons. The average Bonchev–Trinajstić information content (AvgIpc) is 3.58. The van der Waals surface area contributed by atoms with E-state index in [9.17, 15) is 9.69 Å². The Labute approximate surface area is 236 Å². The van der Waals surface area contributed by atoms with E-state index in [1.165, 1.54) is 0 Å². The number of anilines is 1. The van der Waals surface area contributed by atoms with Crippen molar-refractivity contribution in [2.75, 3.05) is 18.5 Å². The fourth-order valence-electron chi connectivity index (χ4n) is 4.53. The second-order valence-electron chi connectivity index (χ2n) is 9.44. The molecule has 6 rings (SSSR count). The van der Waals surface area contributed by atoms with Crippen LogP contribution in [0.15, 0.2) is 83.5 Å². The van der Waals surface area contributed by atoms with Gasteiger partial charge in [-0.15, -0.1) is 0 Å². The Balaban J connectivity index is 1.16.